The van der Waals surface area contributed by atoms with Crippen LogP contribution in [0.3, 0.4) is 0 Å². The highest BCUT2D eigenvalue weighted by Gasteiger charge is 2.26. The second-order valence-corrected chi connectivity index (χ2v) is 6.35. The minimum absolute atomic E-state index is 0.196. The van der Waals surface area contributed by atoms with E-state index in [1.165, 1.54) is 9.30 Å². The van der Waals surface area contributed by atoms with E-state index in [-0.39, 0.29) is 11.7 Å². The van der Waals surface area contributed by atoms with Crippen LogP contribution in [-0.4, -0.2) is 37.4 Å². The van der Waals surface area contributed by atoms with Gasteiger partial charge in [0.25, 0.3) is 5.91 Å². The molecule has 1 unspecified atom stereocenters. The van der Waals surface area contributed by atoms with Gasteiger partial charge in [0.1, 0.15) is 5.65 Å². The molecule has 1 aromatic carbocycles. The molecule has 0 aliphatic carbocycles. The lowest BCUT2D eigenvalue weighted by molar-refractivity contribution is 0.0729. The van der Waals surface area contributed by atoms with Crippen molar-refractivity contribution < 1.29 is 9.18 Å². The first-order valence-electron chi connectivity index (χ1n) is 8.56. The Morgan fingerprint density at radius 3 is 2.67 bits per heavy atom. The number of amides is 1. The van der Waals surface area contributed by atoms with Crippen molar-refractivity contribution >= 4 is 11.6 Å². The van der Waals surface area contributed by atoms with Crippen molar-refractivity contribution in [3.8, 4) is 11.3 Å². The number of carbonyl (C=O) groups is 1. The number of aromatic amines is 1. The molecule has 0 aliphatic heterocycles. The van der Waals surface area contributed by atoms with Crippen LogP contribution in [0.1, 0.15) is 29.1 Å². The number of carbonyl (C=O) groups excluding carboxylic acids is 1. The predicted octanol–water partition coefficient (Wildman–Crippen LogP) is 3.70. The topological polar surface area (TPSA) is 66.3 Å². The van der Waals surface area contributed by atoms with E-state index in [9.17, 15) is 9.18 Å². The lowest BCUT2D eigenvalue weighted by Gasteiger charge is -2.22. The minimum Gasteiger partial charge on any atom is -0.332 e. The van der Waals surface area contributed by atoms with Crippen molar-refractivity contribution in [2.75, 3.05) is 7.05 Å². The van der Waals surface area contributed by atoms with Crippen LogP contribution in [0.4, 0.5) is 4.39 Å². The third-order valence-corrected chi connectivity index (χ3v) is 4.69. The van der Waals surface area contributed by atoms with Crippen molar-refractivity contribution in [1.82, 2.24) is 24.5 Å². The Morgan fingerprint density at radius 1 is 1.19 bits per heavy atom. The summed E-state index contributed by atoms with van der Waals surface area (Å²) in [6.45, 7) is 1.86. The summed E-state index contributed by atoms with van der Waals surface area (Å²) in [5.41, 5.74) is 2.73. The molecule has 0 aliphatic rings. The van der Waals surface area contributed by atoms with Crippen molar-refractivity contribution in [2.24, 2.45) is 0 Å². The first-order chi connectivity index (χ1) is 13.1. The largest absolute Gasteiger partial charge is 0.332 e. The summed E-state index contributed by atoms with van der Waals surface area (Å²) in [7, 11) is 1.62. The van der Waals surface area contributed by atoms with Crippen molar-refractivity contribution in [3.05, 3.63) is 78.1 Å². The van der Waals surface area contributed by atoms with E-state index >= 15 is 0 Å². The van der Waals surface area contributed by atoms with Crippen molar-refractivity contribution in [1.29, 1.82) is 0 Å². The van der Waals surface area contributed by atoms with Gasteiger partial charge in [-0.2, -0.15) is 9.49 Å². The number of pyridine rings is 1. The molecule has 6 nitrogen and oxygen atoms in total. The molecule has 0 radical (unpaired) electrons. The number of aromatic nitrogens is 4. The second kappa shape index (κ2) is 6.68. The molecule has 0 saturated carbocycles. The van der Waals surface area contributed by atoms with Crippen LogP contribution < -0.4 is 0 Å². The predicted molar refractivity (Wildman–Crippen MR) is 99.7 cm³/mol. The molecule has 136 valence electrons. The number of rotatable bonds is 4. The molecule has 0 saturated heterocycles. The average molecular weight is 363 g/mol. The molecular formula is C20H18FN5O. The molecule has 0 bridgehead atoms. The number of H-pyrrole nitrogens is 1. The summed E-state index contributed by atoms with van der Waals surface area (Å²) >= 11 is 0. The summed E-state index contributed by atoms with van der Waals surface area (Å²) < 4.78 is 15.8. The maximum atomic E-state index is 14.6. The van der Waals surface area contributed by atoms with Crippen molar-refractivity contribution in [2.45, 2.75) is 13.0 Å². The highest BCUT2D eigenvalue weighted by molar-refractivity contribution is 5.93. The number of halogens is 1. The molecule has 7 heteroatoms. The molecule has 4 aromatic rings. The normalized spacial score (nSPS) is 12.3. The van der Waals surface area contributed by atoms with Gasteiger partial charge in [0.2, 0.25) is 5.95 Å². The van der Waals surface area contributed by atoms with E-state index in [4.69, 9.17) is 0 Å². The van der Waals surface area contributed by atoms with Crippen LogP contribution in [0, 0.1) is 5.95 Å². The van der Waals surface area contributed by atoms with Crippen LogP contribution in [0.15, 0.2) is 60.8 Å². The van der Waals surface area contributed by atoms with Crippen LogP contribution in [0.2, 0.25) is 0 Å². The van der Waals surface area contributed by atoms with Gasteiger partial charge in [0.05, 0.1) is 17.4 Å². The maximum Gasteiger partial charge on any atom is 0.277 e. The van der Waals surface area contributed by atoms with Gasteiger partial charge in [0.15, 0.2) is 5.69 Å². The first kappa shape index (κ1) is 17.0. The molecule has 3 heterocycles. The van der Waals surface area contributed by atoms with Gasteiger partial charge < -0.3 is 4.90 Å². The lowest BCUT2D eigenvalue weighted by Crippen LogP contribution is -2.30. The Kier molecular flexibility index (Phi) is 4.19. The van der Waals surface area contributed by atoms with E-state index in [1.807, 2.05) is 43.3 Å². The van der Waals surface area contributed by atoms with Crippen LogP contribution in [0.5, 0.6) is 0 Å². The Morgan fingerprint density at radius 2 is 1.93 bits per heavy atom. The van der Waals surface area contributed by atoms with Gasteiger partial charge >= 0.3 is 0 Å². The van der Waals surface area contributed by atoms with Crippen LogP contribution in [0.25, 0.3) is 16.9 Å². The van der Waals surface area contributed by atoms with E-state index in [1.54, 1.807) is 31.4 Å². The standard InChI is InChI=1S/C20H18FN5O/c1-13(15-12-16(24-23-15)14-8-4-3-5-9-14)25(2)20(27)18-19(21)26-11-7-6-10-17(26)22-18/h3-13H,1-2H3,(H,23,24). The number of hydrogen-bond donors (Lipinski definition) is 1. The van der Waals surface area contributed by atoms with E-state index in [0.717, 1.165) is 17.0 Å². The lowest BCUT2D eigenvalue weighted by atomic mass is 10.1. The van der Waals surface area contributed by atoms with Gasteiger partial charge in [-0.05, 0) is 25.1 Å². The minimum atomic E-state index is -0.663. The zero-order valence-electron chi connectivity index (χ0n) is 14.9. The van der Waals surface area contributed by atoms with E-state index < -0.39 is 11.9 Å². The number of nitrogens with zero attached hydrogens (tertiary/aromatic N) is 4. The van der Waals surface area contributed by atoms with Gasteiger partial charge in [-0.25, -0.2) is 4.98 Å². The zero-order chi connectivity index (χ0) is 19.0. The molecule has 1 amide bonds. The Balaban J connectivity index is 1.60. The second-order valence-electron chi connectivity index (χ2n) is 6.35. The summed E-state index contributed by atoms with van der Waals surface area (Å²) in [5, 5.41) is 7.29. The first-order valence-corrected chi connectivity index (χ1v) is 8.56. The highest BCUT2D eigenvalue weighted by Crippen LogP contribution is 2.24. The Bertz CT molecular complexity index is 1100. The molecular weight excluding hydrogens is 345 g/mol. The number of benzene rings is 1. The van der Waals surface area contributed by atoms with Gasteiger partial charge in [-0.3, -0.25) is 14.3 Å². The number of nitrogens with one attached hydrogen (secondary N) is 1. The van der Waals surface area contributed by atoms with Gasteiger partial charge in [-0.1, -0.05) is 36.4 Å². The van der Waals surface area contributed by atoms with Gasteiger partial charge in [0, 0.05) is 18.8 Å². The zero-order valence-corrected chi connectivity index (χ0v) is 14.9. The third kappa shape index (κ3) is 2.97. The summed E-state index contributed by atoms with van der Waals surface area (Å²) in [6.07, 6.45) is 1.54. The summed E-state index contributed by atoms with van der Waals surface area (Å²) in [5.74, 6) is -1.15. The molecule has 3 aromatic heterocycles. The summed E-state index contributed by atoms with van der Waals surface area (Å²) in [6, 6.07) is 16.4. The number of hydrogen-bond acceptors (Lipinski definition) is 3. The molecule has 0 fully saturated rings. The van der Waals surface area contributed by atoms with Gasteiger partial charge in [-0.15, -0.1) is 0 Å². The monoisotopic (exact) mass is 363 g/mol. The molecule has 27 heavy (non-hydrogen) atoms. The van der Waals surface area contributed by atoms with E-state index in [0.29, 0.717) is 5.65 Å². The molecule has 1 N–H and O–H groups in total. The Labute approximate surface area is 155 Å². The fourth-order valence-electron chi connectivity index (χ4n) is 2.96. The SMILES string of the molecule is CC(c1cc(-c2ccccc2)n[nH]1)N(C)C(=O)c1nc2ccccn2c1F. The fourth-order valence-corrected chi connectivity index (χ4v) is 2.96. The van der Waals surface area contributed by atoms with Crippen LogP contribution >= 0.6 is 0 Å². The number of fused-ring (bicyclic) bond motifs is 1. The summed E-state index contributed by atoms with van der Waals surface area (Å²) in [4.78, 5) is 18.4. The highest BCUT2D eigenvalue weighted by atomic mass is 19.1. The smallest absolute Gasteiger partial charge is 0.277 e. The van der Waals surface area contributed by atoms with E-state index in [2.05, 4.69) is 15.2 Å². The Hall–Kier alpha value is -3.48. The molecule has 4 rings (SSSR count). The number of imidazole rings is 1. The average Bonchev–Trinajstić information content (AvgIpc) is 3.33. The third-order valence-electron chi connectivity index (χ3n) is 4.69. The maximum absolute atomic E-state index is 14.6. The molecule has 1 atom stereocenters. The molecule has 0 spiro atoms. The fraction of sp³-hybridized carbons (Fsp3) is 0.150. The van der Waals surface area contributed by atoms with Crippen molar-refractivity contribution in [3.63, 3.8) is 0 Å². The quantitative estimate of drug-likeness (QED) is 0.601. The van der Waals surface area contributed by atoms with Crippen LogP contribution in [-0.2, 0) is 0 Å².